The molecule has 0 saturated heterocycles. The predicted molar refractivity (Wildman–Crippen MR) is 88.6 cm³/mol. The molecule has 0 radical (unpaired) electrons. The van der Waals surface area contributed by atoms with Crippen molar-refractivity contribution in [3.63, 3.8) is 0 Å². The Morgan fingerprint density at radius 3 is 2.95 bits per heavy atom. The van der Waals surface area contributed by atoms with Gasteiger partial charge in [-0.15, -0.1) is 5.10 Å². The molecule has 2 rings (SSSR count). The Morgan fingerprint density at radius 1 is 1.36 bits per heavy atom. The summed E-state index contributed by atoms with van der Waals surface area (Å²) in [4.78, 5) is 15.9. The number of aromatic nitrogens is 3. The normalized spacial score (nSPS) is 10.5. The first kappa shape index (κ1) is 16.6. The molecule has 0 aliphatic rings. The third-order valence-electron chi connectivity index (χ3n) is 2.53. The van der Waals surface area contributed by atoms with Crippen LogP contribution < -0.4 is 10.6 Å². The van der Waals surface area contributed by atoms with Crippen LogP contribution in [0.5, 0.6) is 0 Å². The van der Waals surface area contributed by atoms with E-state index in [0.29, 0.717) is 5.16 Å². The van der Waals surface area contributed by atoms with Gasteiger partial charge in [0.1, 0.15) is 5.82 Å². The predicted octanol–water partition coefficient (Wildman–Crippen LogP) is 4.13. The molecular formula is C13H16FN5OS2. The highest BCUT2D eigenvalue weighted by Crippen LogP contribution is 2.29. The van der Waals surface area contributed by atoms with E-state index in [2.05, 4.69) is 32.7 Å². The molecule has 118 valence electrons. The maximum Gasteiger partial charge on any atom is 0.326 e. The Bertz CT molecular complexity index is 622. The van der Waals surface area contributed by atoms with Gasteiger partial charge in [-0.3, -0.25) is 5.32 Å². The molecule has 1 aromatic carbocycles. The van der Waals surface area contributed by atoms with E-state index in [1.165, 1.54) is 22.9 Å². The van der Waals surface area contributed by atoms with E-state index in [0.717, 1.165) is 18.6 Å². The molecule has 0 aliphatic heterocycles. The summed E-state index contributed by atoms with van der Waals surface area (Å²) >= 11 is 0. The van der Waals surface area contributed by atoms with Gasteiger partial charge in [0.05, 0.1) is 5.69 Å². The molecule has 0 unspecified atom stereocenters. The fourth-order valence-electron chi connectivity index (χ4n) is 1.46. The summed E-state index contributed by atoms with van der Waals surface area (Å²) in [6.45, 7) is 2.13. The number of rotatable bonds is 7. The molecule has 0 fully saturated rings. The molecule has 2 aromatic rings. The van der Waals surface area contributed by atoms with Crippen molar-refractivity contribution in [2.45, 2.75) is 24.9 Å². The number of hydrogen-bond donors (Lipinski definition) is 3. The lowest BCUT2D eigenvalue weighted by molar-refractivity contribution is 0.262. The second-order valence-corrected chi connectivity index (χ2v) is 6.67. The second kappa shape index (κ2) is 8.64. The first-order valence-electron chi connectivity index (χ1n) is 6.73. The number of anilines is 2. The van der Waals surface area contributed by atoms with Crippen LogP contribution in [0.25, 0.3) is 0 Å². The number of urea groups is 1. The number of unbranched alkanes of at least 4 members (excludes halogenated alkanes) is 1. The minimum Gasteiger partial charge on any atom is -0.305 e. The van der Waals surface area contributed by atoms with Gasteiger partial charge in [0.2, 0.25) is 11.1 Å². The summed E-state index contributed by atoms with van der Waals surface area (Å²) in [5, 5.41) is 12.0. The summed E-state index contributed by atoms with van der Waals surface area (Å²) in [7, 11) is 3.11. The number of amides is 2. The quantitative estimate of drug-likeness (QED) is 0.521. The molecule has 0 aliphatic carbocycles. The molecular weight excluding hydrogens is 325 g/mol. The van der Waals surface area contributed by atoms with Gasteiger partial charge in [-0.25, -0.2) is 14.3 Å². The first-order valence-corrected chi connectivity index (χ1v) is 9.05. The van der Waals surface area contributed by atoms with Crippen LogP contribution in [0.1, 0.15) is 19.8 Å². The van der Waals surface area contributed by atoms with Gasteiger partial charge in [-0.2, -0.15) is 4.98 Å². The number of nitrogens with one attached hydrogen (secondary N) is 3. The SMILES string of the molecule is CCCCSSc1n[nH]c(NC(=O)Nc2ccccc2F)n1. The summed E-state index contributed by atoms with van der Waals surface area (Å²) in [6, 6.07) is 5.34. The fraction of sp³-hybridized carbons (Fsp3) is 0.308. The fourth-order valence-corrected chi connectivity index (χ4v) is 3.41. The van der Waals surface area contributed by atoms with E-state index >= 15 is 0 Å². The van der Waals surface area contributed by atoms with Crippen LogP contribution in [-0.4, -0.2) is 27.0 Å². The van der Waals surface area contributed by atoms with Crippen molar-refractivity contribution in [3.8, 4) is 0 Å². The standard InChI is InChI=1S/C13H16FN5OS2/c1-2-3-8-21-22-13-17-11(18-19-13)16-12(20)15-10-7-5-4-6-9(10)14/h4-7H,2-3,8H2,1H3,(H3,15,16,17,18,19,20). The summed E-state index contributed by atoms with van der Waals surface area (Å²) in [5.41, 5.74) is 0.101. The van der Waals surface area contributed by atoms with Gasteiger partial charge < -0.3 is 5.32 Å². The zero-order chi connectivity index (χ0) is 15.8. The first-order chi connectivity index (χ1) is 10.7. The van der Waals surface area contributed by atoms with Crippen LogP contribution >= 0.6 is 21.6 Å². The average molecular weight is 341 g/mol. The Labute approximate surface area is 135 Å². The van der Waals surface area contributed by atoms with Crippen molar-refractivity contribution < 1.29 is 9.18 Å². The zero-order valence-corrected chi connectivity index (χ0v) is 13.6. The number of nitrogens with zero attached hydrogens (tertiary/aromatic N) is 2. The molecule has 0 saturated carbocycles. The molecule has 3 N–H and O–H groups in total. The van der Waals surface area contributed by atoms with E-state index in [-0.39, 0.29) is 11.6 Å². The topological polar surface area (TPSA) is 82.7 Å². The summed E-state index contributed by atoms with van der Waals surface area (Å²) < 4.78 is 13.4. The Hall–Kier alpha value is -1.74. The van der Waals surface area contributed by atoms with Crippen LogP contribution in [0.4, 0.5) is 20.8 Å². The lowest BCUT2D eigenvalue weighted by Crippen LogP contribution is -2.20. The van der Waals surface area contributed by atoms with Crippen molar-refractivity contribution in [1.29, 1.82) is 0 Å². The van der Waals surface area contributed by atoms with Gasteiger partial charge in [0.15, 0.2) is 0 Å². The highest BCUT2D eigenvalue weighted by Gasteiger charge is 2.09. The van der Waals surface area contributed by atoms with Crippen molar-refractivity contribution in [3.05, 3.63) is 30.1 Å². The second-order valence-electron chi connectivity index (χ2n) is 4.28. The number of carbonyl (C=O) groups excluding carboxylic acids is 1. The summed E-state index contributed by atoms with van der Waals surface area (Å²) in [6.07, 6.45) is 2.28. The Kier molecular flexibility index (Phi) is 6.53. The van der Waals surface area contributed by atoms with Gasteiger partial charge in [0, 0.05) is 5.75 Å². The number of para-hydroxylation sites is 1. The van der Waals surface area contributed by atoms with Crippen molar-refractivity contribution in [2.75, 3.05) is 16.4 Å². The average Bonchev–Trinajstić information content (AvgIpc) is 2.93. The highest BCUT2D eigenvalue weighted by atomic mass is 33.1. The minimum absolute atomic E-state index is 0.101. The van der Waals surface area contributed by atoms with Crippen LogP contribution in [0.15, 0.2) is 29.4 Å². The van der Waals surface area contributed by atoms with Crippen LogP contribution in [-0.2, 0) is 0 Å². The number of carbonyl (C=O) groups is 1. The monoisotopic (exact) mass is 341 g/mol. The summed E-state index contributed by atoms with van der Waals surface area (Å²) in [5.74, 6) is 0.734. The molecule has 0 bridgehead atoms. The lowest BCUT2D eigenvalue weighted by atomic mass is 10.3. The Morgan fingerprint density at radius 2 is 2.18 bits per heavy atom. The molecule has 9 heteroatoms. The third-order valence-corrected chi connectivity index (χ3v) is 4.74. The third kappa shape index (κ3) is 5.23. The van der Waals surface area contributed by atoms with E-state index in [4.69, 9.17) is 0 Å². The number of H-pyrrole nitrogens is 1. The molecule has 2 amide bonds. The van der Waals surface area contributed by atoms with Crippen molar-refractivity contribution in [2.24, 2.45) is 0 Å². The zero-order valence-electron chi connectivity index (χ0n) is 11.9. The molecule has 0 spiro atoms. The van der Waals surface area contributed by atoms with E-state index in [1.54, 1.807) is 22.9 Å². The number of halogens is 1. The molecule has 22 heavy (non-hydrogen) atoms. The largest absolute Gasteiger partial charge is 0.326 e. The molecule has 1 aromatic heterocycles. The van der Waals surface area contributed by atoms with Crippen LogP contribution in [0.2, 0.25) is 0 Å². The van der Waals surface area contributed by atoms with Crippen molar-refractivity contribution in [1.82, 2.24) is 15.2 Å². The van der Waals surface area contributed by atoms with Gasteiger partial charge in [0.25, 0.3) is 0 Å². The van der Waals surface area contributed by atoms with Gasteiger partial charge in [-0.1, -0.05) is 36.3 Å². The Balaban J connectivity index is 1.82. The van der Waals surface area contributed by atoms with Crippen LogP contribution in [0, 0.1) is 5.82 Å². The van der Waals surface area contributed by atoms with E-state index in [1.807, 2.05) is 0 Å². The van der Waals surface area contributed by atoms with Crippen molar-refractivity contribution >= 4 is 39.3 Å². The number of aromatic amines is 1. The van der Waals surface area contributed by atoms with Crippen LogP contribution in [0.3, 0.4) is 0 Å². The van der Waals surface area contributed by atoms with E-state index < -0.39 is 11.8 Å². The minimum atomic E-state index is -0.587. The maximum absolute atomic E-state index is 13.4. The highest BCUT2D eigenvalue weighted by molar-refractivity contribution is 8.76. The molecule has 0 atom stereocenters. The van der Waals surface area contributed by atoms with Gasteiger partial charge >= 0.3 is 6.03 Å². The molecule has 1 heterocycles. The van der Waals surface area contributed by atoms with E-state index in [9.17, 15) is 9.18 Å². The maximum atomic E-state index is 13.4. The smallest absolute Gasteiger partial charge is 0.305 e. The number of hydrogen-bond acceptors (Lipinski definition) is 5. The number of benzene rings is 1. The lowest BCUT2D eigenvalue weighted by Gasteiger charge is -2.05. The van der Waals surface area contributed by atoms with Gasteiger partial charge in [-0.05, 0) is 29.3 Å². The molecule has 6 nitrogen and oxygen atoms in total.